The Bertz CT molecular complexity index is 1040. The number of carbonyl (C=O) groups is 1. The van der Waals surface area contributed by atoms with Crippen LogP contribution in [0, 0.1) is 13.8 Å². The molecule has 0 aromatic heterocycles. The van der Waals surface area contributed by atoms with Gasteiger partial charge in [0.25, 0.3) is 5.91 Å². The highest BCUT2D eigenvalue weighted by Crippen LogP contribution is 2.38. The molecule has 5 nitrogen and oxygen atoms in total. The molecule has 0 atom stereocenters. The zero-order chi connectivity index (χ0) is 22.5. The summed E-state index contributed by atoms with van der Waals surface area (Å²) in [5.74, 6) is 1.72. The van der Waals surface area contributed by atoms with Crippen LogP contribution in [0.2, 0.25) is 5.02 Å². The second kappa shape index (κ2) is 10.4. The molecule has 0 bridgehead atoms. The molecule has 164 valence electrons. The molecule has 1 heterocycles. The van der Waals surface area contributed by atoms with Crippen LogP contribution in [0.25, 0.3) is 6.08 Å². The van der Waals surface area contributed by atoms with Crippen LogP contribution in [-0.4, -0.2) is 42.5 Å². The van der Waals surface area contributed by atoms with Crippen LogP contribution >= 0.6 is 35.6 Å². The minimum absolute atomic E-state index is 0.130. The molecule has 0 radical (unpaired) electrons. The number of nitrogens with zero attached hydrogens (tertiary/aromatic N) is 1. The number of aryl methyl sites for hydroxylation is 2. The molecule has 1 aliphatic heterocycles. The molecular formula is C23H24ClNO4S2. The van der Waals surface area contributed by atoms with Gasteiger partial charge in [-0.1, -0.05) is 53.3 Å². The van der Waals surface area contributed by atoms with E-state index in [0.29, 0.717) is 45.4 Å². The van der Waals surface area contributed by atoms with Gasteiger partial charge in [0.2, 0.25) is 0 Å². The molecule has 0 N–H and O–H groups in total. The largest absolute Gasteiger partial charge is 0.493 e. The third-order valence-corrected chi connectivity index (χ3v) is 6.42. The number of hydrogen-bond donors (Lipinski definition) is 0. The van der Waals surface area contributed by atoms with Gasteiger partial charge in [-0.05, 0) is 49.2 Å². The number of hydrogen-bond acceptors (Lipinski definition) is 6. The van der Waals surface area contributed by atoms with Crippen molar-refractivity contribution in [2.24, 2.45) is 0 Å². The quantitative estimate of drug-likeness (QED) is 0.278. The number of thiocarbonyl (C=S) groups is 1. The monoisotopic (exact) mass is 477 g/mol. The Morgan fingerprint density at radius 1 is 1.13 bits per heavy atom. The second-order valence-electron chi connectivity index (χ2n) is 7.09. The van der Waals surface area contributed by atoms with Crippen LogP contribution in [-0.2, 0) is 4.79 Å². The van der Waals surface area contributed by atoms with Gasteiger partial charge in [-0.3, -0.25) is 9.69 Å². The SMILES string of the molecule is COc1cc(C=C2SC(=S)N(C)C2=O)cc(Cl)c1OCCCOc1ccc(C)cc1C. The average molecular weight is 478 g/mol. The number of rotatable bonds is 8. The van der Waals surface area contributed by atoms with Gasteiger partial charge in [-0.2, -0.15) is 0 Å². The zero-order valence-corrected chi connectivity index (χ0v) is 20.2. The minimum Gasteiger partial charge on any atom is -0.493 e. The van der Waals surface area contributed by atoms with Crippen molar-refractivity contribution < 1.29 is 19.0 Å². The molecule has 2 aromatic carbocycles. The Hall–Kier alpha value is -2.22. The van der Waals surface area contributed by atoms with Crippen molar-refractivity contribution in [1.82, 2.24) is 4.90 Å². The maximum Gasteiger partial charge on any atom is 0.265 e. The van der Waals surface area contributed by atoms with Crippen molar-refractivity contribution in [2.75, 3.05) is 27.4 Å². The lowest BCUT2D eigenvalue weighted by Crippen LogP contribution is -2.22. The van der Waals surface area contributed by atoms with Gasteiger partial charge in [-0.25, -0.2) is 0 Å². The van der Waals surface area contributed by atoms with Gasteiger partial charge in [0, 0.05) is 13.5 Å². The first-order valence-electron chi connectivity index (χ1n) is 9.72. The van der Waals surface area contributed by atoms with E-state index in [1.807, 2.05) is 19.1 Å². The second-order valence-corrected chi connectivity index (χ2v) is 9.18. The van der Waals surface area contributed by atoms with Gasteiger partial charge in [0.15, 0.2) is 11.5 Å². The summed E-state index contributed by atoms with van der Waals surface area (Å²) >= 11 is 12.9. The Kier molecular flexibility index (Phi) is 7.86. The molecule has 1 amide bonds. The van der Waals surface area contributed by atoms with Gasteiger partial charge in [0.1, 0.15) is 10.1 Å². The van der Waals surface area contributed by atoms with Gasteiger partial charge >= 0.3 is 0 Å². The van der Waals surface area contributed by atoms with E-state index in [4.69, 9.17) is 38.0 Å². The van der Waals surface area contributed by atoms with Crippen molar-refractivity contribution in [1.29, 1.82) is 0 Å². The first-order valence-corrected chi connectivity index (χ1v) is 11.3. The molecule has 0 unspecified atom stereocenters. The summed E-state index contributed by atoms with van der Waals surface area (Å²) in [5, 5.41) is 0.410. The van der Waals surface area contributed by atoms with Crippen LogP contribution in [0.1, 0.15) is 23.1 Å². The van der Waals surface area contributed by atoms with Crippen molar-refractivity contribution in [3.63, 3.8) is 0 Å². The molecule has 0 spiro atoms. The van der Waals surface area contributed by atoms with Crippen LogP contribution < -0.4 is 14.2 Å². The minimum atomic E-state index is -0.130. The molecule has 2 aromatic rings. The third kappa shape index (κ3) is 5.73. The van der Waals surface area contributed by atoms with Gasteiger partial charge in [0.05, 0.1) is 30.3 Å². The van der Waals surface area contributed by atoms with E-state index in [2.05, 4.69) is 13.0 Å². The highest BCUT2D eigenvalue weighted by atomic mass is 35.5. The molecule has 31 heavy (non-hydrogen) atoms. The zero-order valence-electron chi connectivity index (χ0n) is 17.9. The lowest BCUT2D eigenvalue weighted by Gasteiger charge is -2.14. The number of benzene rings is 2. The summed E-state index contributed by atoms with van der Waals surface area (Å²) in [7, 11) is 3.21. The Labute approximate surface area is 197 Å². The van der Waals surface area contributed by atoms with Crippen LogP contribution in [0.15, 0.2) is 35.2 Å². The number of methoxy groups -OCH3 is 1. The number of carbonyl (C=O) groups excluding carboxylic acids is 1. The topological polar surface area (TPSA) is 48.0 Å². The standard InChI is InChI=1S/C23H24ClNO4S2/c1-14-6-7-18(15(2)10-14)28-8-5-9-29-21-17(24)11-16(12-19(21)27-4)13-20-22(26)25(3)23(30)31-20/h6-7,10-13H,5,8-9H2,1-4H3. The summed E-state index contributed by atoms with van der Waals surface area (Å²) in [5.41, 5.74) is 3.06. The Morgan fingerprint density at radius 3 is 2.52 bits per heavy atom. The first-order chi connectivity index (χ1) is 14.8. The highest BCUT2D eigenvalue weighted by molar-refractivity contribution is 8.26. The molecule has 1 saturated heterocycles. The van der Waals surface area contributed by atoms with E-state index in [1.54, 1.807) is 32.4 Å². The van der Waals surface area contributed by atoms with Gasteiger partial charge in [-0.15, -0.1) is 0 Å². The van der Waals surface area contributed by atoms with E-state index >= 15 is 0 Å². The summed E-state index contributed by atoms with van der Waals surface area (Å²) in [4.78, 5) is 14.2. The summed E-state index contributed by atoms with van der Waals surface area (Å²) in [6, 6.07) is 9.64. The third-order valence-electron chi connectivity index (χ3n) is 4.66. The van der Waals surface area contributed by atoms with Crippen molar-refractivity contribution in [3.05, 3.63) is 56.9 Å². The number of amides is 1. The van der Waals surface area contributed by atoms with Crippen LogP contribution in [0.3, 0.4) is 0 Å². The average Bonchev–Trinajstić information content (AvgIpc) is 2.96. The number of thioether (sulfide) groups is 1. The van der Waals surface area contributed by atoms with E-state index < -0.39 is 0 Å². The molecular weight excluding hydrogens is 454 g/mol. The Morgan fingerprint density at radius 2 is 1.87 bits per heavy atom. The summed E-state index contributed by atoms with van der Waals surface area (Å²) in [6.07, 6.45) is 2.44. The maximum absolute atomic E-state index is 12.2. The normalized spacial score (nSPS) is 15.0. The van der Waals surface area contributed by atoms with Crippen molar-refractivity contribution >= 4 is 51.9 Å². The summed E-state index contributed by atoms with van der Waals surface area (Å²) in [6.45, 7) is 5.04. The van der Waals surface area contributed by atoms with Gasteiger partial charge < -0.3 is 14.2 Å². The van der Waals surface area contributed by atoms with Crippen LogP contribution in [0.5, 0.6) is 17.2 Å². The fourth-order valence-corrected chi connectivity index (χ4v) is 4.49. The van der Waals surface area contributed by atoms with E-state index in [0.717, 1.165) is 16.9 Å². The molecule has 3 rings (SSSR count). The predicted octanol–water partition coefficient (Wildman–Crippen LogP) is 5.64. The predicted molar refractivity (Wildman–Crippen MR) is 130 cm³/mol. The molecule has 1 fully saturated rings. The Balaban J connectivity index is 1.61. The van der Waals surface area contributed by atoms with E-state index in [-0.39, 0.29) is 5.91 Å². The number of ether oxygens (including phenoxy) is 3. The van der Waals surface area contributed by atoms with Crippen molar-refractivity contribution in [2.45, 2.75) is 20.3 Å². The van der Waals surface area contributed by atoms with Crippen molar-refractivity contribution in [3.8, 4) is 17.2 Å². The fourth-order valence-electron chi connectivity index (χ4n) is 3.04. The molecule has 8 heteroatoms. The van der Waals surface area contributed by atoms with E-state index in [1.165, 1.54) is 22.2 Å². The summed E-state index contributed by atoms with van der Waals surface area (Å²) < 4.78 is 17.7. The lowest BCUT2D eigenvalue weighted by molar-refractivity contribution is -0.121. The molecule has 0 aliphatic carbocycles. The molecule has 0 saturated carbocycles. The smallest absolute Gasteiger partial charge is 0.265 e. The first kappa shape index (κ1) is 23.4. The number of likely N-dealkylation sites (N-methyl/N-ethyl adjacent to an activating group) is 1. The molecule has 1 aliphatic rings. The maximum atomic E-state index is 12.2. The van der Waals surface area contributed by atoms with E-state index in [9.17, 15) is 4.79 Å². The van der Waals surface area contributed by atoms with Crippen LogP contribution in [0.4, 0.5) is 0 Å². The number of halogens is 1. The lowest BCUT2D eigenvalue weighted by atomic mass is 10.1. The highest BCUT2D eigenvalue weighted by Gasteiger charge is 2.28. The fraction of sp³-hybridized carbons (Fsp3) is 0.304.